The third-order valence-electron chi connectivity index (χ3n) is 4.73. The lowest BCUT2D eigenvalue weighted by molar-refractivity contribution is -0.138. The summed E-state index contributed by atoms with van der Waals surface area (Å²) in [6, 6.07) is 13.1. The standard InChI is InChI=1S/C16H9BrClF3S.C8H4F4O/c17-12-3-4-14(18)10(5-12)7-13-6-9-1-2-11(16(19,20)21)8-15(9)22-13;9-7-3-6(8(10,11)12)2-1-5(7)4-13/h1-6,8H,7H2;1-4H. The van der Waals surface area contributed by atoms with Gasteiger partial charge in [0.05, 0.1) is 16.7 Å². The van der Waals surface area contributed by atoms with E-state index in [0.717, 1.165) is 32.4 Å². The van der Waals surface area contributed by atoms with Gasteiger partial charge in [0.25, 0.3) is 0 Å². The molecule has 0 fully saturated rings. The normalized spacial score (nSPS) is 11.8. The summed E-state index contributed by atoms with van der Waals surface area (Å²) < 4.78 is 88.3. The van der Waals surface area contributed by atoms with E-state index in [-0.39, 0.29) is 11.8 Å². The number of carbonyl (C=O) groups excluding carboxylic acids is 1. The zero-order chi connectivity index (χ0) is 26.0. The van der Waals surface area contributed by atoms with Gasteiger partial charge in [0.2, 0.25) is 0 Å². The molecule has 0 radical (unpaired) electrons. The molecule has 1 aromatic heterocycles. The largest absolute Gasteiger partial charge is 0.416 e. The molecular weight excluding hydrogens is 585 g/mol. The first-order valence-electron chi connectivity index (χ1n) is 9.63. The summed E-state index contributed by atoms with van der Waals surface area (Å²) >= 11 is 10.9. The van der Waals surface area contributed by atoms with Crippen LogP contribution in [0, 0.1) is 5.82 Å². The highest BCUT2D eigenvalue weighted by molar-refractivity contribution is 9.10. The quantitative estimate of drug-likeness (QED) is 0.170. The molecular formula is C24H13BrClF7OS. The van der Waals surface area contributed by atoms with E-state index in [0.29, 0.717) is 28.3 Å². The van der Waals surface area contributed by atoms with Gasteiger partial charge in [-0.3, -0.25) is 4.79 Å². The molecule has 0 aliphatic carbocycles. The van der Waals surface area contributed by atoms with E-state index in [1.165, 1.54) is 23.5 Å². The zero-order valence-corrected chi connectivity index (χ0v) is 20.4. The number of hydrogen-bond donors (Lipinski definition) is 0. The lowest BCUT2D eigenvalue weighted by Crippen LogP contribution is -2.05. The highest BCUT2D eigenvalue weighted by atomic mass is 79.9. The molecule has 0 atom stereocenters. The van der Waals surface area contributed by atoms with Gasteiger partial charge in [-0.25, -0.2) is 4.39 Å². The number of fused-ring (bicyclic) bond motifs is 1. The fourth-order valence-electron chi connectivity index (χ4n) is 3.02. The number of thiophene rings is 1. The van der Waals surface area contributed by atoms with E-state index in [4.69, 9.17) is 11.6 Å². The van der Waals surface area contributed by atoms with Crippen molar-refractivity contribution in [2.24, 2.45) is 0 Å². The molecule has 0 bridgehead atoms. The van der Waals surface area contributed by atoms with E-state index >= 15 is 0 Å². The Balaban J connectivity index is 0.000000225. The number of hydrogen-bond acceptors (Lipinski definition) is 2. The SMILES string of the molecule is FC(F)(F)c1ccc2cc(Cc3cc(Br)ccc3Cl)sc2c1.O=Cc1ccc(C(F)(F)F)cc1F. The minimum atomic E-state index is -4.58. The Bertz CT molecular complexity index is 1360. The van der Waals surface area contributed by atoms with Gasteiger partial charge in [0, 0.05) is 25.5 Å². The topological polar surface area (TPSA) is 17.1 Å². The van der Waals surface area contributed by atoms with Crippen molar-refractivity contribution in [2.45, 2.75) is 18.8 Å². The van der Waals surface area contributed by atoms with Crippen LogP contribution in [-0.2, 0) is 18.8 Å². The summed E-state index contributed by atoms with van der Waals surface area (Å²) in [5.41, 5.74) is -1.16. The number of carbonyl (C=O) groups is 1. The Kier molecular flexibility index (Phi) is 8.28. The van der Waals surface area contributed by atoms with Gasteiger partial charge in [-0.2, -0.15) is 26.3 Å². The fraction of sp³-hybridized carbons (Fsp3) is 0.125. The molecule has 0 spiro atoms. The highest BCUT2D eigenvalue weighted by Crippen LogP contribution is 2.36. The number of rotatable bonds is 3. The van der Waals surface area contributed by atoms with E-state index < -0.39 is 29.3 Å². The van der Waals surface area contributed by atoms with Crippen molar-refractivity contribution in [1.82, 2.24) is 0 Å². The molecule has 4 aromatic rings. The maximum atomic E-state index is 12.7. The molecule has 3 aromatic carbocycles. The van der Waals surface area contributed by atoms with Gasteiger partial charge in [-0.1, -0.05) is 33.6 Å². The van der Waals surface area contributed by atoms with Gasteiger partial charge in [-0.05, 0) is 65.5 Å². The Morgan fingerprint density at radius 3 is 2.09 bits per heavy atom. The highest BCUT2D eigenvalue weighted by Gasteiger charge is 2.31. The van der Waals surface area contributed by atoms with Crippen LogP contribution < -0.4 is 0 Å². The van der Waals surface area contributed by atoms with Crippen LogP contribution in [0.5, 0.6) is 0 Å². The summed E-state index contributed by atoms with van der Waals surface area (Å²) in [6.45, 7) is 0. The lowest BCUT2D eigenvalue weighted by Gasteiger charge is -2.06. The first-order chi connectivity index (χ1) is 16.3. The first kappa shape index (κ1) is 27.2. The zero-order valence-electron chi connectivity index (χ0n) is 17.3. The van der Waals surface area contributed by atoms with Crippen molar-refractivity contribution in [3.8, 4) is 0 Å². The van der Waals surface area contributed by atoms with Gasteiger partial charge in [0.1, 0.15) is 5.82 Å². The van der Waals surface area contributed by atoms with E-state index in [1.54, 1.807) is 6.07 Å². The molecule has 0 aliphatic rings. The molecule has 35 heavy (non-hydrogen) atoms. The smallest absolute Gasteiger partial charge is 0.298 e. The molecule has 0 aliphatic heterocycles. The predicted molar refractivity (Wildman–Crippen MR) is 126 cm³/mol. The molecule has 1 heterocycles. The lowest BCUT2D eigenvalue weighted by atomic mass is 10.1. The monoisotopic (exact) mass is 596 g/mol. The number of benzene rings is 3. The Hall–Kier alpha value is -2.43. The Morgan fingerprint density at radius 1 is 0.857 bits per heavy atom. The van der Waals surface area contributed by atoms with Crippen LogP contribution in [0.2, 0.25) is 5.02 Å². The van der Waals surface area contributed by atoms with Gasteiger partial charge >= 0.3 is 12.4 Å². The molecule has 0 saturated carbocycles. The maximum Gasteiger partial charge on any atom is 0.416 e. The van der Waals surface area contributed by atoms with Crippen molar-refractivity contribution in [1.29, 1.82) is 0 Å². The minimum absolute atomic E-state index is 0.162. The van der Waals surface area contributed by atoms with Gasteiger partial charge in [0.15, 0.2) is 6.29 Å². The van der Waals surface area contributed by atoms with Crippen LogP contribution in [-0.4, -0.2) is 6.29 Å². The molecule has 11 heteroatoms. The maximum absolute atomic E-state index is 12.7. The number of halogens is 9. The molecule has 0 amide bonds. The third kappa shape index (κ3) is 7.05. The second kappa shape index (κ2) is 10.7. The van der Waals surface area contributed by atoms with Crippen LogP contribution in [0.3, 0.4) is 0 Å². The molecule has 1 nitrogen and oxygen atoms in total. The predicted octanol–water partition coefficient (Wildman–Crippen LogP) is 9.58. The average Bonchev–Trinajstić information content (AvgIpc) is 3.17. The fourth-order valence-corrected chi connectivity index (χ4v) is 4.73. The van der Waals surface area contributed by atoms with Crippen molar-refractivity contribution >= 4 is 55.2 Å². The van der Waals surface area contributed by atoms with E-state index in [2.05, 4.69) is 15.9 Å². The second-order valence-electron chi connectivity index (χ2n) is 7.23. The van der Waals surface area contributed by atoms with Crippen molar-refractivity contribution < 1.29 is 35.5 Å². The molecule has 0 unspecified atom stereocenters. The van der Waals surface area contributed by atoms with Crippen LogP contribution >= 0.6 is 38.9 Å². The summed E-state index contributed by atoms with van der Waals surface area (Å²) in [6.07, 6.45) is -8.14. The second-order valence-corrected chi connectivity index (χ2v) is 9.72. The first-order valence-corrected chi connectivity index (χ1v) is 11.6. The molecule has 0 saturated heterocycles. The summed E-state index contributed by atoms with van der Waals surface area (Å²) in [5.74, 6) is -1.16. The molecule has 184 valence electrons. The van der Waals surface area contributed by atoms with Crippen molar-refractivity contribution in [2.75, 3.05) is 0 Å². The molecule has 0 N–H and O–H groups in total. The van der Waals surface area contributed by atoms with Crippen LogP contribution in [0.1, 0.15) is 31.9 Å². The van der Waals surface area contributed by atoms with Crippen LogP contribution in [0.15, 0.2) is 65.1 Å². The van der Waals surface area contributed by atoms with Crippen molar-refractivity contribution in [3.05, 3.63) is 103 Å². The summed E-state index contributed by atoms with van der Waals surface area (Å²) in [4.78, 5) is 11.0. The summed E-state index contributed by atoms with van der Waals surface area (Å²) in [7, 11) is 0. The summed E-state index contributed by atoms with van der Waals surface area (Å²) in [5, 5.41) is 1.47. The number of aldehydes is 1. The van der Waals surface area contributed by atoms with Crippen LogP contribution in [0.4, 0.5) is 30.7 Å². The Labute approximate surface area is 212 Å². The molecule has 4 rings (SSSR count). The van der Waals surface area contributed by atoms with E-state index in [9.17, 15) is 35.5 Å². The Morgan fingerprint density at radius 2 is 1.49 bits per heavy atom. The van der Waals surface area contributed by atoms with Gasteiger partial charge < -0.3 is 0 Å². The van der Waals surface area contributed by atoms with E-state index in [1.807, 2.05) is 18.2 Å². The number of alkyl halides is 6. The van der Waals surface area contributed by atoms with Gasteiger partial charge in [-0.15, -0.1) is 11.3 Å². The van der Waals surface area contributed by atoms with Crippen molar-refractivity contribution in [3.63, 3.8) is 0 Å². The third-order valence-corrected chi connectivity index (χ3v) is 6.69. The van der Waals surface area contributed by atoms with Crippen LogP contribution in [0.25, 0.3) is 10.1 Å². The minimum Gasteiger partial charge on any atom is -0.298 e. The average molecular weight is 598 g/mol.